The summed E-state index contributed by atoms with van der Waals surface area (Å²) in [5, 5.41) is 19.4. The standard InChI is InChI=1S/C22H21N3O3/c1-24(2)17-10-12-25(13-11-17)21(20-18(26)4-3-5-19(20)27)22(28)16-8-6-15(14-23)7-9-16/h6-13,21H,3-5H2,1-2H3/p+1. The van der Waals surface area contributed by atoms with Gasteiger partial charge in [-0.3, -0.25) is 9.59 Å². The molecule has 0 spiro atoms. The predicted molar refractivity (Wildman–Crippen MR) is 104 cm³/mol. The molecule has 28 heavy (non-hydrogen) atoms. The minimum absolute atomic E-state index is 0.0209. The average Bonchev–Trinajstić information content (AvgIpc) is 2.70. The van der Waals surface area contributed by atoms with Gasteiger partial charge in [-0.1, -0.05) is 0 Å². The van der Waals surface area contributed by atoms with Crippen LogP contribution in [0.1, 0.15) is 41.2 Å². The molecule has 0 radical (unpaired) electrons. The fourth-order valence-corrected chi connectivity index (χ4v) is 3.34. The van der Waals surface area contributed by atoms with Gasteiger partial charge < -0.3 is 10.0 Å². The number of Topliss-reactive ketones (excluding diaryl/α,β-unsaturated/α-hetero) is 2. The fraction of sp³-hybridized carbons (Fsp3) is 0.273. The molecule has 0 saturated carbocycles. The fourth-order valence-electron chi connectivity index (χ4n) is 3.34. The molecule has 6 heteroatoms. The van der Waals surface area contributed by atoms with Crippen molar-refractivity contribution >= 4 is 17.3 Å². The van der Waals surface area contributed by atoms with Crippen molar-refractivity contribution in [3.8, 4) is 6.07 Å². The minimum atomic E-state index is -0.947. The Labute approximate surface area is 164 Å². The Bertz CT molecular complexity index is 968. The zero-order valence-electron chi connectivity index (χ0n) is 15.9. The van der Waals surface area contributed by atoms with E-state index in [-0.39, 0.29) is 22.9 Å². The van der Waals surface area contributed by atoms with Crippen LogP contribution in [-0.2, 0) is 4.79 Å². The first-order valence-electron chi connectivity index (χ1n) is 9.10. The molecule has 1 heterocycles. The summed E-state index contributed by atoms with van der Waals surface area (Å²) in [4.78, 5) is 27.9. The van der Waals surface area contributed by atoms with E-state index >= 15 is 0 Å². The molecule has 3 rings (SSSR count). The van der Waals surface area contributed by atoms with Gasteiger partial charge in [0.1, 0.15) is 11.3 Å². The van der Waals surface area contributed by atoms with Gasteiger partial charge in [-0.15, -0.1) is 0 Å². The molecule has 1 atom stereocenters. The van der Waals surface area contributed by atoms with Crippen LogP contribution in [0.4, 0.5) is 5.69 Å². The average molecular weight is 376 g/mol. The number of benzene rings is 1. The van der Waals surface area contributed by atoms with E-state index in [2.05, 4.69) is 0 Å². The third-order valence-corrected chi connectivity index (χ3v) is 4.90. The third-order valence-electron chi connectivity index (χ3n) is 4.90. The number of nitriles is 1. The van der Waals surface area contributed by atoms with Gasteiger partial charge in [0.15, 0.2) is 18.2 Å². The van der Waals surface area contributed by atoms with Crippen molar-refractivity contribution in [2.45, 2.75) is 25.3 Å². The number of pyridine rings is 1. The summed E-state index contributed by atoms with van der Waals surface area (Å²) in [6.07, 6.45) is 4.76. The molecule has 2 aromatic rings. The first-order valence-corrected chi connectivity index (χ1v) is 9.10. The molecular weight excluding hydrogens is 354 g/mol. The molecule has 0 amide bonds. The Kier molecular flexibility index (Phi) is 5.55. The summed E-state index contributed by atoms with van der Waals surface area (Å²) in [7, 11) is 3.83. The Balaban J connectivity index is 2.09. The highest BCUT2D eigenvalue weighted by atomic mass is 16.3. The van der Waals surface area contributed by atoms with E-state index in [1.807, 2.05) is 37.2 Å². The normalized spacial score (nSPS) is 15.1. The van der Waals surface area contributed by atoms with Gasteiger partial charge in [-0.05, 0) is 30.7 Å². The molecule has 1 N–H and O–H groups in total. The van der Waals surface area contributed by atoms with Crippen LogP contribution in [0.3, 0.4) is 0 Å². The van der Waals surface area contributed by atoms with Crippen LogP contribution in [0.25, 0.3) is 0 Å². The lowest BCUT2D eigenvalue weighted by Gasteiger charge is -2.20. The molecule has 0 fully saturated rings. The summed E-state index contributed by atoms with van der Waals surface area (Å²) >= 11 is 0. The Morgan fingerprint density at radius 2 is 1.79 bits per heavy atom. The second-order valence-electron chi connectivity index (χ2n) is 6.99. The Morgan fingerprint density at radius 3 is 2.32 bits per heavy atom. The molecule has 142 valence electrons. The highest BCUT2D eigenvalue weighted by Gasteiger charge is 2.40. The van der Waals surface area contributed by atoms with E-state index in [1.165, 1.54) is 0 Å². The zero-order chi connectivity index (χ0) is 20.3. The van der Waals surface area contributed by atoms with Crippen molar-refractivity contribution in [2.24, 2.45) is 0 Å². The Morgan fingerprint density at radius 1 is 1.14 bits per heavy atom. The van der Waals surface area contributed by atoms with Crippen molar-refractivity contribution in [3.05, 3.63) is 71.3 Å². The lowest BCUT2D eigenvalue weighted by atomic mass is 9.87. The topological polar surface area (TPSA) is 85.3 Å². The third kappa shape index (κ3) is 3.79. The molecule has 0 saturated heterocycles. The predicted octanol–water partition coefficient (Wildman–Crippen LogP) is 2.90. The van der Waals surface area contributed by atoms with Crippen LogP contribution in [0.5, 0.6) is 0 Å². The van der Waals surface area contributed by atoms with Gasteiger partial charge >= 0.3 is 0 Å². The summed E-state index contributed by atoms with van der Waals surface area (Å²) in [6.45, 7) is 0. The number of carbonyl (C=O) groups is 2. The van der Waals surface area contributed by atoms with E-state index < -0.39 is 6.04 Å². The molecule has 1 unspecified atom stereocenters. The van der Waals surface area contributed by atoms with Crippen molar-refractivity contribution in [3.63, 3.8) is 0 Å². The lowest BCUT2D eigenvalue weighted by molar-refractivity contribution is -0.699. The maximum absolute atomic E-state index is 13.3. The number of nitrogens with zero attached hydrogens (tertiary/aromatic N) is 3. The summed E-state index contributed by atoms with van der Waals surface area (Å²) in [5.41, 5.74) is 1.94. The zero-order valence-corrected chi connectivity index (χ0v) is 15.9. The van der Waals surface area contributed by atoms with Gasteiger partial charge in [0.25, 0.3) is 6.04 Å². The lowest BCUT2D eigenvalue weighted by Crippen LogP contribution is -2.47. The number of allylic oxidation sites excluding steroid dienone is 2. The number of hydrogen-bond donors (Lipinski definition) is 1. The van der Waals surface area contributed by atoms with Crippen molar-refractivity contribution in [1.29, 1.82) is 5.26 Å². The molecular formula is C22H22N3O3+. The smallest absolute Gasteiger partial charge is 0.252 e. The first kappa shape index (κ1) is 19.3. The van der Waals surface area contributed by atoms with Gasteiger partial charge in [-0.2, -0.15) is 9.83 Å². The quantitative estimate of drug-likeness (QED) is 0.641. The first-order chi connectivity index (χ1) is 13.4. The van der Waals surface area contributed by atoms with Crippen LogP contribution in [0.15, 0.2) is 60.1 Å². The van der Waals surface area contributed by atoms with Crippen molar-refractivity contribution < 1.29 is 19.3 Å². The van der Waals surface area contributed by atoms with Crippen LogP contribution >= 0.6 is 0 Å². The molecule has 0 bridgehead atoms. The number of aliphatic hydroxyl groups is 1. The molecule has 1 aliphatic carbocycles. The SMILES string of the molecule is CN(C)c1cc[n+](C(C(=O)c2ccc(C#N)cc2)C2=C(O)CCCC2=O)cc1. The van der Waals surface area contributed by atoms with E-state index in [9.17, 15) is 14.7 Å². The molecule has 6 nitrogen and oxygen atoms in total. The number of carbonyl (C=O) groups excluding carboxylic acids is 2. The van der Waals surface area contributed by atoms with Gasteiger partial charge in [-0.25, -0.2) is 0 Å². The van der Waals surface area contributed by atoms with Gasteiger partial charge in [0.05, 0.1) is 11.6 Å². The molecule has 1 aromatic carbocycles. The number of aliphatic hydroxyl groups excluding tert-OH is 1. The van der Waals surface area contributed by atoms with E-state index in [0.29, 0.717) is 30.4 Å². The van der Waals surface area contributed by atoms with Crippen molar-refractivity contribution in [2.75, 3.05) is 19.0 Å². The highest BCUT2D eigenvalue weighted by molar-refractivity contribution is 6.08. The van der Waals surface area contributed by atoms with E-state index in [4.69, 9.17) is 5.26 Å². The number of anilines is 1. The monoisotopic (exact) mass is 376 g/mol. The summed E-state index contributed by atoms with van der Waals surface area (Å²) in [5.74, 6) is -0.531. The number of ketones is 2. The van der Waals surface area contributed by atoms with Crippen molar-refractivity contribution in [1.82, 2.24) is 0 Å². The second kappa shape index (κ2) is 8.05. The molecule has 1 aliphatic rings. The number of hydrogen-bond acceptors (Lipinski definition) is 5. The summed E-state index contributed by atoms with van der Waals surface area (Å²) in [6, 6.07) is 11.1. The number of rotatable bonds is 5. The largest absolute Gasteiger partial charge is 0.512 e. The molecule has 1 aromatic heterocycles. The Hall–Kier alpha value is -3.46. The van der Waals surface area contributed by atoms with Crippen LogP contribution in [0.2, 0.25) is 0 Å². The molecule has 0 aliphatic heterocycles. The summed E-state index contributed by atoms with van der Waals surface area (Å²) < 4.78 is 1.66. The van der Waals surface area contributed by atoms with Crippen LogP contribution in [0, 0.1) is 11.3 Å². The maximum atomic E-state index is 13.3. The van der Waals surface area contributed by atoms with Gasteiger partial charge in [0.2, 0.25) is 5.78 Å². The van der Waals surface area contributed by atoms with E-state index in [0.717, 1.165) is 5.69 Å². The van der Waals surface area contributed by atoms with E-state index in [1.54, 1.807) is 41.2 Å². The van der Waals surface area contributed by atoms with Gasteiger partial charge in [0, 0.05) is 50.3 Å². The van der Waals surface area contributed by atoms with Crippen LogP contribution < -0.4 is 9.47 Å². The highest BCUT2D eigenvalue weighted by Crippen LogP contribution is 2.29. The van der Waals surface area contributed by atoms with Crippen LogP contribution in [-0.4, -0.2) is 30.8 Å². The minimum Gasteiger partial charge on any atom is -0.512 e. The number of aromatic nitrogens is 1. The second-order valence-corrected chi connectivity index (χ2v) is 6.99. The maximum Gasteiger partial charge on any atom is 0.252 e.